The molecule has 0 spiro atoms. The molecule has 0 bridgehead atoms. The molecule has 0 saturated carbocycles. The van der Waals surface area contributed by atoms with Crippen LogP contribution in [0.15, 0.2) is 18.2 Å². The highest BCUT2D eigenvalue weighted by Crippen LogP contribution is 2.13. The van der Waals surface area contributed by atoms with Crippen molar-refractivity contribution in [3.63, 3.8) is 0 Å². The summed E-state index contributed by atoms with van der Waals surface area (Å²) in [6.45, 7) is 6.13. The van der Waals surface area contributed by atoms with E-state index in [4.69, 9.17) is 16.2 Å². The molecule has 1 saturated heterocycles. The molecule has 1 aliphatic heterocycles. The van der Waals surface area contributed by atoms with Gasteiger partial charge in [0.2, 0.25) is 0 Å². The second-order valence-electron chi connectivity index (χ2n) is 5.18. The number of amides is 1. The van der Waals surface area contributed by atoms with Crippen molar-refractivity contribution in [2.45, 2.75) is 13.0 Å². The Kier molecular flexibility index (Phi) is 4.81. The van der Waals surface area contributed by atoms with Crippen LogP contribution in [-0.4, -0.2) is 49.7 Å². The van der Waals surface area contributed by atoms with Gasteiger partial charge in [-0.3, -0.25) is 9.69 Å². The predicted molar refractivity (Wildman–Crippen MR) is 79.5 cm³/mol. The summed E-state index contributed by atoms with van der Waals surface area (Å²) in [6, 6.07) is 4.96. The Balaban J connectivity index is 1.89. The first-order chi connectivity index (χ1) is 9.54. The fourth-order valence-electron chi connectivity index (χ4n) is 2.33. The number of benzene rings is 1. The van der Waals surface area contributed by atoms with Crippen molar-refractivity contribution in [1.29, 1.82) is 0 Å². The number of nitrogens with one attached hydrogen (secondary N) is 1. The number of carbonyl (C=O) groups excluding carboxylic acids is 1. The van der Waals surface area contributed by atoms with Crippen molar-refractivity contribution in [2.24, 2.45) is 0 Å². The first-order valence-corrected chi connectivity index (χ1v) is 6.81. The third kappa shape index (κ3) is 4.11. The van der Waals surface area contributed by atoms with Gasteiger partial charge >= 0.3 is 0 Å². The van der Waals surface area contributed by atoms with Gasteiger partial charge in [-0.25, -0.2) is 0 Å². The van der Waals surface area contributed by atoms with Crippen LogP contribution in [0, 0.1) is 0 Å². The van der Waals surface area contributed by atoms with E-state index in [0.29, 0.717) is 16.9 Å². The van der Waals surface area contributed by atoms with Crippen LogP contribution in [0.25, 0.3) is 0 Å². The van der Waals surface area contributed by atoms with Crippen molar-refractivity contribution in [3.05, 3.63) is 23.8 Å². The summed E-state index contributed by atoms with van der Waals surface area (Å²) < 4.78 is 5.30. The maximum atomic E-state index is 12.1. The van der Waals surface area contributed by atoms with Gasteiger partial charge in [-0.05, 0) is 25.1 Å². The lowest BCUT2D eigenvalue weighted by atomic mass is 10.1. The molecule has 110 valence electrons. The Hall–Kier alpha value is -1.79. The quantitative estimate of drug-likeness (QED) is 0.689. The maximum Gasteiger partial charge on any atom is 0.251 e. The first-order valence-electron chi connectivity index (χ1n) is 6.81. The minimum Gasteiger partial charge on any atom is -0.399 e. The van der Waals surface area contributed by atoms with Gasteiger partial charge in [0.05, 0.1) is 13.2 Å². The molecule has 1 heterocycles. The monoisotopic (exact) mass is 278 g/mol. The van der Waals surface area contributed by atoms with Crippen LogP contribution in [0.5, 0.6) is 0 Å². The molecule has 0 aliphatic carbocycles. The lowest BCUT2D eigenvalue weighted by Gasteiger charge is -2.29. The van der Waals surface area contributed by atoms with E-state index in [0.717, 1.165) is 32.8 Å². The van der Waals surface area contributed by atoms with E-state index in [1.54, 1.807) is 18.2 Å². The van der Waals surface area contributed by atoms with Crippen molar-refractivity contribution < 1.29 is 9.53 Å². The summed E-state index contributed by atoms with van der Waals surface area (Å²) in [5.41, 5.74) is 12.9. The number of ether oxygens (including phenoxy) is 1. The minimum absolute atomic E-state index is 0.0586. The predicted octanol–water partition coefficient (Wildman–Crippen LogP) is 0.302. The molecule has 1 aromatic rings. The van der Waals surface area contributed by atoms with Crippen LogP contribution in [0.4, 0.5) is 11.4 Å². The highest BCUT2D eigenvalue weighted by Gasteiger charge is 2.16. The molecule has 6 nitrogen and oxygen atoms in total. The van der Waals surface area contributed by atoms with Crippen LogP contribution in [0.1, 0.15) is 17.3 Å². The summed E-state index contributed by atoms with van der Waals surface area (Å²) in [7, 11) is 0. The van der Waals surface area contributed by atoms with Crippen molar-refractivity contribution in [3.8, 4) is 0 Å². The van der Waals surface area contributed by atoms with Crippen LogP contribution in [0.3, 0.4) is 0 Å². The van der Waals surface area contributed by atoms with E-state index in [1.807, 2.05) is 6.92 Å². The fraction of sp³-hybridized carbons (Fsp3) is 0.500. The third-order valence-corrected chi connectivity index (χ3v) is 3.25. The number of nitrogen functional groups attached to an aromatic ring is 2. The Morgan fingerprint density at radius 1 is 1.30 bits per heavy atom. The van der Waals surface area contributed by atoms with Crippen LogP contribution < -0.4 is 16.8 Å². The molecule has 1 fully saturated rings. The Morgan fingerprint density at radius 3 is 2.50 bits per heavy atom. The molecule has 20 heavy (non-hydrogen) atoms. The van der Waals surface area contributed by atoms with E-state index in [9.17, 15) is 4.79 Å². The van der Waals surface area contributed by atoms with Gasteiger partial charge in [0, 0.05) is 42.6 Å². The standard InChI is InChI=1S/C14H22N4O2/c1-10(9-18-2-4-20-5-3-18)17-14(19)11-6-12(15)8-13(16)7-11/h6-8,10H,2-5,9,15-16H2,1H3,(H,17,19). The average Bonchev–Trinajstić information content (AvgIpc) is 2.38. The number of carbonyl (C=O) groups is 1. The zero-order valence-electron chi connectivity index (χ0n) is 11.8. The van der Waals surface area contributed by atoms with Gasteiger partial charge in [0.25, 0.3) is 5.91 Å². The smallest absolute Gasteiger partial charge is 0.251 e. The average molecular weight is 278 g/mol. The van der Waals surface area contributed by atoms with Crippen LogP contribution in [0.2, 0.25) is 0 Å². The summed E-state index contributed by atoms with van der Waals surface area (Å²) >= 11 is 0. The largest absolute Gasteiger partial charge is 0.399 e. The summed E-state index contributed by atoms with van der Waals surface area (Å²) in [4.78, 5) is 14.4. The van der Waals surface area contributed by atoms with Gasteiger partial charge in [0.15, 0.2) is 0 Å². The Morgan fingerprint density at radius 2 is 1.90 bits per heavy atom. The van der Waals surface area contributed by atoms with E-state index >= 15 is 0 Å². The molecule has 1 aliphatic rings. The van der Waals surface area contributed by atoms with E-state index in [1.165, 1.54) is 0 Å². The second-order valence-corrected chi connectivity index (χ2v) is 5.18. The van der Waals surface area contributed by atoms with E-state index in [-0.39, 0.29) is 11.9 Å². The Bertz CT molecular complexity index is 452. The zero-order valence-corrected chi connectivity index (χ0v) is 11.8. The molecule has 0 aromatic heterocycles. The van der Waals surface area contributed by atoms with Crippen LogP contribution in [-0.2, 0) is 4.74 Å². The normalized spacial score (nSPS) is 17.6. The first kappa shape index (κ1) is 14.6. The van der Waals surface area contributed by atoms with Crippen molar-refractivity contribution in [1.82, 2.24) is 10.2 Å². The molecule has 6 heteroatoms. The number of nitrogens with zero attached hydrogens (tertiary/aromatic N) is 1. The van der Waals surface area contributed by atoms with E-state index < -0.39 is 0 Å². The number of rotatable bonds is 4. The SMILES string of the molecule is CC(CN1CCOCC1)NC(=O)c1cc(N)cc(N)c1. The van der Waals surface area contributed by atoms with Crippen molar-refractivity contribution >= 4 is 17.3 Å². The number of hydrogen-bond donors (Lipinski definition) is 3. The summed E-state index contributed by atoms with van der Waals surface area (Å²) in [5, 5.41) is 2.97. The number of anilines is 2. The molecule has 0 radical (unpaired) electrons. The molecule has 2 rings (SSSR count). The fourth-order valence-corrected chi connectivity index (χ4v) is 2.33. The minimum atomic E-state index is -0.148. The molecule has 1 amide bonds. The van der Waals surface area contributed by atoms with Crippen LogP contribution >= 0.6 is 0 Å². The van der Waals surface area contributed by atoms with Gasteiger partial charge in [-0.1, -0.05) is 0 Å². The zero-order chi connectivity index (χ0) is 14.5. The second kappa shape index (κ2) is 6.58. The van der Waals surface area contributed by atoms with Gasteiger partial charge in [-0.2, -0.15) is 0 Å². The molecular formula is C14H22N4O2. The summed E-state index contributed by atoms with van der Waals surface area (Å²) in [5.74, 6) is -0.148. The number of nitrogens with two attached hydrogens (primary N) is 2. The highest BCUT2D eigenvalue weighted by atomic mass is 16.5. The van der Waals surface area contributed by atoms with E-state index in [2.05, 4.69) is 10.2 Å². The van der Waals surface area contributed by atoms with Crippen molar-refractivity contribution in [2.75, 3.05) is 44.3 Å². The Labute approximate surface area is 119 Å². The molecule has 5 N–H and O–H groups in total. The molecule has 1 aromatic carbocycles. The topological polar surface area (TPSA) is 93.6 Å². The lowest BCUT2D eigenvalue weighted by molar-refractivity contribution is 0.0342. The number of morpholine rings is 1. The summed E-state index contributed by atoms with van der Waals surface area (Å²) in [6.07, 6.45) is 0. The molecule has 1 atom stereocenters. The maximum absolute atomic E-state index is 12.1. The third-order valence-electron chi connectivity index (χ3n) is 3.25. The number of hydrogen-bond acceptors (Lipinski definition) is 5. The van der Waals surface area contributed by atoms with Gasteiger partial charge < -0.3 is 21.5 Å². The van der Waals surface area contributed by atoms with Gasteiger partial charge in [-0.15, -0.1) is 0 Å². The molecule has 1 unspecified atom stereocenters. The molecular weight excluding hydrogens is 256 g/mol. The van der Waals surface area contributed by atoms with Gasteiger partial charge in [0.1, 0.15) is 0 Å². The highest BCUT2D eigenvalue weighted by molar-refractivity contribution is 5.96. The lowest BCUT2D eigenvalue weighted by Crippen LogP contribution is -2.46.